The van der Waals surface area contributed by atoms with Crippen molar-refractivity contribution < 1.29 is 24.1 Å². The molecule has 0 rings (SSSR count). The van der Waals surface area contributed by atoms with Crippen LogP contribution in [0.1, 0.15) is 6.92 Å². The molecule has 0 fully saturated rings. The molecule has 0 unspecified atom stereocenters. The number of esters is 1. The number of hydrogen-bond donors (Lipinski definition) is 1. The van der Waals surface area contributed by atoms with E-state index in [4.69, 9.17) is 19.3 Å². The van der Waals surface area contributed by atoms with Crippen LogP contribution in [0.5, 0.6) is 0 Å². The molecule has 0 aromatic rings. The van der Waals surface area contributed by atoms with Crippen LogP contribution in [0.2, 0.25) is 0 Å². The Morgan fingerprint density at radius 3 is 2.57 bits per heavy atom. The SMILES string of the molecule is C=C(OCC)C(=O)OCCOCCO. The molecule has 5 heteroatoms. The van der Waals surface area contributed by atoms with Crippen LogP contribution in [0.15, 0.2) is 12.3 Å². The van der Waals surface area contributed by atoms with Crippen molar-refractivity contribution in [2.45, 2.75) is 6.92 Å². The number of carbonyl (C=O) groups excluding carboxylic acids is 1. The maximum Gasteiger partial charge on any atom is 0.373 e. The Kier molecular flexibility index (Phi) is 7.87. The third-order valence-electron chi connectivity index (χ3n) is 1.24. The monoisotopic (exact) mass is 204 g/mol. The maximum absolute atomic E-state index is 11.0. The van der Waals surface area contributed by atoms with Crippen LogP contribution in [0.25, 0.3) is 0 Å². The van der Waals surface area contributed by atoms with Gasteiger partial charge in [-0.05, 0) is 13.5 Å². The van der Waals surface area contributed by atoms with Gasteiger partial charge >= 0.3 is 5.97 Å². The van der Waals surface area contributed by atoms with Gasteiger partial charge < -0.3 is 19.3 Å². The molecule has 0 aromatic carbocycles. The van der Waals surface area contributed by atoms with Crippen LogP contribution in [0, 0.1) is 0 Å². The average Bonchev–Trinajstić information content (AvgIpc) is 2.17. The van der Waals surface area contributed by atoms with Crippen LogP contribution < -0.4 is 0 Å². The lowest BCUT2D eigenvalue weighted by atomic mass is 10.5. The number of ether oxygens (including phenoxy) is 3. The van der Waals surface area contributed by atoms with Gasteiger partial charge in [0.2, 0.25) is 0 Å². The summed E-state index contributed by atoms with van der Waals surface area (Å²) >= 11 is 0. The van der Waals surface area contributed by atoms with E-state index in [1.165, 1.54) is 0 Å². The number of carbonyl (C=O) groups is 1. The largest absolute Gasteiger partial charge is 0.487 e. The Bertz CT molecular complexity index is 178. The summed E-state index contributed by atoms with van der Waals surface area (Å²) < 4.78 is 14.4. The summed E-state index contributed by atoms with van der Waals surface area (Å²) in [5, 5.41) is 8.37. The summed E-state index contributed by atoms with van der Waals surface area (Å²) in [7, 11) is 0. The highest BCUT2D eigenvalue weighted by Crippen LogP contribution is 1.96. The van der Waals surface area contributed by atoms with Crippen LogP contribution in [0.4, 0.5) is 0 Å². The lowest BCUT2D eigenvalue weighted by Crippen LogP contribution is -2.14. The minimum Gasteiger partial charge on any atom is -0.487 e. The first-order chi connectivity index (χ1) is 6.72. The molecule has 0 bridgehead atoms. The summed E-state index contributed by atoms with van der Waals surface area (Å²) in [6.45, 7) is 6.10. The van der Waals surface area contributed by atoms with Gasteiger partial charge in [-0.1, -0.05) is 0 Å². The fraction of sp³-hybridized carbons (Fsp3) is 0.667. The van der Waals surface area contributed by atoms with Crippen molar-refractivity contribution in [1.29, 1.82) is 0 Å². The van der Waals surface area contributed by atoms with Crippen molar-refractivity contribution in [2.24, 2.45) is 0 Å². The molecule has 1 N–H and O–H groups in total. The van der Waals surface area contributed by atoms with Crippen molar-refractivity contribution in [3.8, 4) is 0 Å². The molecule has 82 valence electrons. The Balaban J connectivity index is 3.39. The fourth-order valence-electron chi connectivity index (χ4n) is 0.674. The molecule has 0 saturated carbocycles. The first kappa shape index (κ1) is 12.9. The van der Waals surface area contributed by atoms with E-state index in [0.717, 1.165) is 0 Å². The van der Waals surface area contributed by atoms with E-state index in [2.05, 4.69) is 6.58 Å². The van der Waals surface area contributed by atoms with Gasteiger partial charge in [-0.15, -0.1) is 0 Å². The molecular formula is C9H16O5. The Morgan fingerprint density at radius 2 is 2.00 bits per heavy atom. The Labute approximate surface area is 83.3 Å². The molecule has 0 radical (unpaired) electrons. The molecule has 0 saturated heterocycles. The predicted octanol–water partition coefficient (Wildman–Crippen LogP) is 0.0887. The number of aliphatic hydroxyl groups is 1. The van der Waals surface area contributed by atoms with Gasteiger partial charge in [0.25, 0.3) is 0 Å². The third-order valence-corrected chi connectivity index (χ3v) is 1.24. The number of aliphatic hydroxyl groups excluding tert-OH is 1. The van der Waals surface area contributed by atoms with Crippen molar-refractivity contribution in [3.63, 3.8) is 0 Å². The summed E-state index contributed by atoms with van der Waals surface area (Å²) in [4.78, 5) is 11.0. The molecule has 0 aliphatic carbocycles. The van der Waals surface area contributed by atoms with Gasteiger partial charge in [0.05, 0.1) is 26.4 Å². The van der Waals surface area contributed by atoms with E-state index in [1.54, 1.807) is 6.92 Å². The lowest BCUT2D eigenvalue weighted by Gasteiger charge is -2.07. The molecule has 0 spiro atoms. The van der Waals surface area contributed by atoms with E-state index >= 15 is 0 Å². The zero-order valence-electron chi connectivity index (χ0n) is 8.32. The molecule has 14 heavy (non-hydrogen) atoms. The second-order valence-corrected chi connectivity index (χ2v) is 2.33. The third kappa shape index (κ3) is 6.45. The van der Waals surface area contributed by atoms with Crippen molar-refractivity contribution in [3.05, 3.63) is 12.3 Å². The second kappa shape index (κ2) is 8.52. The van der Waals surface area contributed by atoms with Crippen LogP contribution in [0.3, 0.4) is 0 Å². The fourth-order valence-corrected chi connectivity index (χ4v) is 0.674. The summed E-state index contributed by atoms with van der Waals surface area (Å²) in [6, 6.07) is 0. The molecule has 0 aliphatic heterocycles. The zero-order valence-corrected chi connectivity index (χ0v) is 8.32. The van der Waals surface area contributed by atoms with Gasteiger partial charge in [-0.3, -0.25) is 0 Å². The Morgan fingerprint density at radius 1 is 1.29 bits per heavy atom. The normalized spacial score (nSPS) is 9.57. The zero-order chi connectivity index (χ0) is 10.8. The Hall–Kier alpha value is -1.07. The van der Waals surface area contributed by atoms with Gasteiger partial charge in [0.1, 0.15) is 6.61 Å². The minimum atomic E-state index is -0.584. The smallest absolute Gasteiger partial charge is 0.373 e. The first-order valence-corrected chi connectivity index (χ1v) is 4.39. The highest BCUT2D eigenvalue weighted by atomic mass is 16.6. The van der Waals surface area contributed by atoms with Gasteiger partial charge in [-0.2, -0.15) is 0 Å². The van der Waals surface area contributed by atoms with E-state index in [-0.39, 0.29) is 32.2 Å². The molecule has 5 nitrogen and oxygen atoms in total. The summed E-state index contributed by atoms with van der Waals surface area (Å²) in [5.41, 5.74) is 0. The number of hydrogen-bond acceptors (Lipinski definition) is 5. The maximum atomic E-state index is 11.0. The minimum absolute atomic E-state index is 0.00495. The van der Waals surface area contributed by atoms with Crippen LogP contribution in [-0.2, 0) is 19.0 Å². The van der Waals surface area contributed by atoms with E-state index in [9.17, 15) is 4.79 Å². The van der Waals surface area contributed by atoms with E-state index in [1.807, 2.05) is 0 Å². The standard InChI is InChI=1S/C9H16O5/c1-3-13-8(2)9(11)14-7-6-12-5-4-10/h10H,2-7H2,1H3. The molecular weight excluding hydrogens is 188 g/mol. The molecule has 0 amide bonds. The van der Waals surface area contributed by atoms with Crippen molar-refractivity contribution in [2.75, 3.05) is 33.0 Å². The van der Waals surface area contributed by atoms with Crippen LogP contribution >= 0.6 is 0 Å². The highest BCUT2D eigenvalue weighted by Gasteiger charge is 2.08. The molecule has 0 atom stereocenters. The molecule has 0 heterocycles. The second-order valence-electron chi connectivity index (χ2n) is 2.33. The van der Waals surface area contributed by atoms with Crippen LogP contribution in [-0.4, -0.2) is 44.1 Å². The van der Waals surface area contributed by atoms with Gasteiger partial charge in [-0.25, -0.2) is 4.79 Å². The first-order valence-electron chi connectivity index (χ1n) is 4.39. The van der Waals surface area contributed by atoms with Crippen molar-refractivity contribution in [1.82, 2.24) is 0 Å². The quantitative estimate of drug-likeness (QED) is 0.263. The number of rotatable bonds is 8. The average molecular weight is 204 g/mol. The van der Waals surface area contributed by atoms with E-state index in [0.29, 0.717) is 6.61 Å². The topological polar surface area (TPSA) is 65.0 Å². The van der Waals surface area contributed by atoms with E-state index < -0.39 is 5.97 Å². The van der Waals surface area contributed by atoms with Gasteiger partial charge in [0.15, 0.2) is 5.76 Å². The highest BCUT2D eigenvalue weighted by molar-refractivity contribution is 5.85. The summed E-state index contributed by atoms with van der Waals surface area (Å²) in [6.07, 6.45) is 0. The molecule has 0 aliphatic rings. The molecule has 0 aromatic heterocycles. The lowest BCUT2D eigenvalue weighted by molar-refractivity contribution is -0.144. The summed E-state index contributed by atoms with van der Waals surface area (Å²) in [5.74, 6) is -0.589. The predicted molar refractivity (Wildman–Crippen MR) is 49.6 cm³/mol. The van der Waals surface area contributed by atoms with Crippen molar-refractivity contribution >= 4 is 5.97 Å². The van der Waals surface area contributed by atoms with Gasteiger partial charge in [0, 0.05) is 0 Å².